The number of aliphatic hydroxyl groups is 2. The lowest BCUT2D eigenvalue weighted by Crippen LogP contribution is -2.09. The molecule has 2 heteroatoms. The summed E-state index contributed by atoms with van der Waals surface area (Å²) in [5.41, 5.74) is 0.572. The summed E-state index contributed by atoms with van der Waals surface area (Å²) in [5, 5.41) is 17.5. The van der Waals surface area contributed by atoms with Crippen molar-refractivity contribution in [1.82, 2.24) is 0 Å². The SMILES string of the molecule is C=CC1C=CC(C(O)O)=CC1. The van der Waals surface area contributed by atoms with Gasteiger partial charge in [0.1, 0.15) is 0 Å². The Labute approximate surface area is 66.2 Å². The maximum atomic E-state index is 8.75. The van der Waals surface area contributed by atoms with E-state index < -0.39 is 6.29 Å². The molecule has 0 heterocycles. The van der Waals surface area contributed by atoms with Crippen molar-refractivity contribution in [3.8, 4) is 0 Å². The summed E-state index contributed by atoms with van der Waals surface area (Å²) in [6.45, 7) is 3.65. The zero-order chi connectivity index (χ0) is 8.27. The first kappa shape index (κ1) is 8.24. The van der Waals surface area contributed by atoms with Gasteiger partial charge in [-0.1, -0.05) is 24.3 Å². The third kappa shape index (κ3) is 2.03. The summed E-state index contributed by atoms with van der Waals surface area (Å²) in [5.74, 6) is 0.345. The van der Waals surface area contributed by atoms with Crippen LogP contribution in [0.4, 0.5) is 0 Å². The molecule has 2 nitrogen and oxygen atoms in total. The number of rotatable bonds is 2. The van der Waals surface area contributed by atoms with Crippen LogP contribution in [-0.4, -0.2) is 16.5 Å². The summed E-state index contributed by atoms with van der Waals surface area (Å²) in [6.07, 6.45) is 6.77. The van der Waals surface area contributed by atoms with Gasteiger partial charge in [0.15, 0.2) is 6.29 Å². The number of aliphatic hydroxyl groups excluding tert-OH is 1. The molecule has 1 atom stereocenters. The van der Waals surface area contributed by atoms with Crippen LogP contribution in [0.2, 0.25) is 0 Å². The molecular formula is C9H12O2. The monoisotopic (exact) mass is 152 g/mol. The van der Waals surface area contributed by atoms with Crippen LogP contribution in [0.5, 0.6) is 0 Å². The van der Waals surface area contributed by atoms with E-state index in [9.17, 15) is 0 Å². The molecule has 0 aromatic rings. The van der Waals surface area contributed by atoms with E-state index in [4.69, 9.17) is 10.2 Å². The highest BCUT2D eigenvalue weighted by atomic mass is 16.5. The largest absolute Gasteiger partial charge is 0.364 e. The standard InChI is InChI=1S/C9H12O2/c1-2-7-3-5-8(6-4-7)9(10)11/h2-3,5-7,9-11H,1,4H2. The van der Waals surface area contributed by atoms with Crippen molar-refractivity contribution in [2.24, 2.45) is 5.92 Å². The van der Waals surface area contributed by atoms with Crippen LogP contribution < -0.4 is 0 Å². The third-order valence-corrected chi connectivity index (χ3v) is 1.76. The predicted octanol–water partition coefficient (Wildman–Crippen LogP) is 0.986. The molecule has 0 fully saturated rings. The van der Waals surface area contributed by atoms with E-state index in [1.54, 1.807) is 6.08 Å². The maximum absolute atomic E-state index is 8.75. The topological polar surface area (TPSA) is 40.5 Å². The number of hydrogen-bond acceptors (Lipinski definition) is 2. The summed E-state index contributed by atoms with van der Waals surface area (Å²) in [4.78, 5) is 0. The maximum Gasteiger partial charge on any atom is 0.178 e. The Hall–Kier alpha value is -0.860. The van der Waals surface area contributed by atoms with E-state index in [0.717, 1.165) is 6.42 Å². The quantitative estimate of drug-likeness (QED) is 0.457. The second kappa shape index (κ2) is 3.51. The molecule has 0 bridgehead atoms. The number of hydrogen-bond donors (Lipinski definition) is 2. The van der Waals surface area contributed by atoms with Crippen LogP contribution in [0, 0.1) is 5.92 Å². The molecule has 0 amide bonds. The lowest BCUT2D eigenvalue weighted by atomic mass is 9.97. The van der Waals surface area contributed by atoms with Crippen molar-refractivity contribution in [3.63, 3.8) is 0 Å². The molecule has 2 N–H and O–H groups in total. The van der Waals surface area contributed by atoms with Crippen molar-refractivity contribution in [3.05, 3.63) is 36.5 Å². The first-order valence-electron chi connectivity index (χ1n) is 3.61. The fraction of sp³-hybridized carbons (Fsp3) is 0.333. The van der Waals surface area contributed by atoms with Gasteiger partial charge in [-0.05, 0) is 12.3 Å². The minimum atomic E-state index is -1.34. The summed E-state index contributed by atoms with van der Waals surface area (Å²) in [6, 6.07) is 0. The average Bonchev–Trinajstić information content (AvgIpc) is 2.05. The highest BCUT2D eigenvalue weighted by molar-refractivity contribution is 5.26. The normalized spacial score (nSPS) is 23.5. The van der Waals surface area contributed by atoms with Gasteiger partial charge in [-0.2, -0.15) is 0 Å². The second-order valence-corrected chi connectivity index (χ2v) is 2.57. The second-order valence-electron chi connectivity index (χ2n) is 2.57. The van der Waals surface area contributed by atoms with E-state index in [2.05, 4.69) is 6.58 Å². The molecule has 0 saturated carbocycles. The van der Waals surface area contributed by atoms with Gasteiger partial charge in [0, 0.05) is 5.57 Å². The van der Waals surface area contributed by atoms with E-state index >= 15 is 0 Å². The minimum Gasteiger partial charge on any atom is -0.364 e. The van der Waals surface area contributed by atoms with Gasteiger partial charge in [-0.15, -0.1) is 6.58 Å². The smallest absolute Gasteiger partial charge is 0.178 e. The van der Waals surface area contributed by atoms with Crippen LogP contribution in [-0.2, 0) is 0 Å². The summed E-state index contributed by atoms with van der Waals surface area (Å²) < 4.78 is 0. The predicted molar refractivity (Wildman–Crippen MR) is 43.8 cm³/mol. The highest BCUT2D eigenvalue weighted by Crippen LogP contribution is 2.18. The molecule has 0 spiro atoms. The van der Waals surface area contributed by atoms with Crippen LogP contribution in [0.25, 0.3) is 0 Å². The molecule has 0 aliphatic heterocycles. The van der Waals surface area contributed by atoms with Gasteiger partial charge in [0.25, 0.3) is 0 Å². The Balaban J connectivity index is 2.59. The van der Waals surface area contributed by atoms with Gasteiger partial charge in [0.05, 0.1) is 0 Å². The summed E-state index contributed by atoms with van der Waals surface area (Å²) >= 11 is 0. The minimum absolute atomic E-state index is 0.345. The molecule has 0 aromatic carbocycles. The van der Waals surface area contributed by atoms with Gasteiger partial charge < -0.3 is 10.2 Å². The van der Waals surface area contributed by atoms with Crippen molar-refractivity contribution in [2.75, 3.05) is 0 Å². The lowest BCUT2D eigenvalue weighted by Gasteiger charge is -2.13. The molecular weight excluding hydrogens is 140 g/mol. The highest BCUT2D eigenvalue weighted by Gasteiger charge is 2.08. The van der Waals surface area contributed by atoms with Crippen molar-refractivity contribution in [2.45, 2.75) is 12.7 Å². The first-order chi connectivity index (χ1) is 5.24. The summed E-state index contributed by atoms with van der Waals surface area (Å²) in [7, 11) is 0. The molecule has 1 unspecified atom stereocenters. The Kier molecular flexibility index (Phi) is 2.63. The van der Waals surface area contributed by atoms with Crippen LogP contribution in [0.15, 0.2) is 36.5 Å². The van der Waals surface area contributed by atoms with Gasteiger partial charge in [-0.25, -0.2) is 0 Å². The zero-order valence-electron chi connectivity index (χ0n) is 6.27. The van der Waals surface area contributed by atoms with E-state index in [1.165, 1.54) is 0 Å². The molecule has 0 aromatic heterocycles. The first-order valence-corrected chi connectivity index (χ1v) is 3.61. The fourth-order valence-electron chi connectivity index (χ4n) is 1.02. The van der Waals surface area contributed by atoms with E-state index in [-0.39, 0.29) is 0 Å². The van der Waals surface area contributed by atoms with Crippen molar-refractivity contribution >= 4 is 0 Å². The van der Waals surface area contributed by atoms with E-state index in [0.29, 0.717) is 11.5 Å². The zero-order valence-corrected chi connectivity index (χ0v) is 6.27. The van der Waals surface area contributed by atoms with Crippen LogP contribution in [0.3, 0.4) is 0 Å². The van der Waals surface area contributed by atoms with Crippen molar-refractivity contribution < 1.29 is 10.2 Å². The third-order valence-electron chi connectivity index (χ3n) is 1.76. The Morgan fingerprint density at radius 2 is 2.36 bits per heavy atom. The van der Waals surface area contributed by atoms with Crippen LogP contribution >= 0.6 is 0 Å². The molecule has 1 rings (SSSR count). The average molecular weight is 152 g/mol. The van der Waals surface area contributed by atoms with Crippen LogP contribution in [0.1, 0.15) is 6.42 Å². The molecule has 1 aliphatic carbocycles. The number of allylic oxidation sites excluding steroid dienone is 3. The van der Waals surface area contributed by atoms with Gasteiger partial charge in [-0.3, -0.25) is 0 Å². The fourth-order valence-corrected chi connectivity index (χ4v) is 1.02. The molecule has 11 heavy (non-hydrogen) atoms. The van der Waals surface area contributed by atoms with Gasteiger partial charge >= 0.3 is 0 Å². The van der Waals surface area contributed by atoms with Gasteiger partial charge in [0.2, 0.25) is 0 Å². The van der Waals surface area contributed by atoms with E-state index in [1.807, 2.05) is 18.2 Å². The Morgan fingerprint density at radius 3 is 2.73 bits per heavy atom. The molecule has 60 valence electrons. The Morgan fingerprint density at radius 1 is 1.64 bits per heavy atom. The molecule has 1 aliphatic rings. The molecule has 0 radical (unpaired) electrons. The Bertz CT molecular complexity index is 202. The van der Waals surface area contributed by atoms with Crippen molar-refractivity contribution in [1.29, 1.82) is 0 Å². The molecule has 0 saturated heterocycles. The lowest BCUT2D eigenvalue weighted by molar-refractivity contribution is -0.00533.